The average molecular weight is 284 g/mol. The van der Waals surface area contributed by atoms with Gasteiger partial charge in [-0.15, -0.1) is 0 Å². The number of anilines is 1. The van der Waals surface area contributed by atoms with Crippen LogP contribution in [0.25, 0.3) is 0 Å². The number of aromatic nitrogens is 1. The second kappa shape index (κ2) is 7.08. The first-order chi connectivity index (χ1) is 9.22. The van der Waals surface area contributed by atoms with E-state index in [-0.39, 0.29) is 0 Å². The average Bonchev–Trinajstić information content (AvgIpc) is 2.89. The minimum atomic E-state index is 0.312. The van der Waals surface area contributed by atoms with E-state index in [4.69, 9.17) is 16.7 Å². The standard InChI is InChI=1S/C14H22ClN3O/c1-2-18(14-4-3-13(15)9-16-14)8-7-17-6-5-12(10-17)11-19/h3-4,9,12,19H,2,5-8,10-11H2,1H3/t12-/m0/s1. The Balaban J connectivity index is 1.84. The lowest BCUT2D eigenvalue weighted by Crippen LogP contribution is -2.34. The van der Waals surface area contributed by atoms with E-state index in [9.17, 15) is 0 Å². The van der Waals surface area contributed by atoms with Crippen LogP contribution in [-0.2, 0) is 0 Å². The third kappa shape index (κ3) is 4.06. The van der Waals surface area contributed by atoms with Gasteiger partial charge in [-0.3, -0.25) is 0 Å². The lowest BCUT2D eigenvalue weighted by atomic mass is 10.1. The molecule has 4 nitrogen and oxygen atoms in total. The topological polar surface area (TPSA) is 39.6 Å². The summed E-state index contributed by atoms with van der Waals surface area (Å²) in [7, 11) is 0. The number of pyridine rings is 1. The summed E-state index contributed by atoms with van der Waals surface area (Å²) in [5.41, 5.74) is 0. The number of hydrogen-bond donors (Lipinski definition) is 1. The number of halogens is 1. The molecule has 0 saturated carbocycles. The predicted molar refractivity (Wildman–Crippen MR) is 78.8 cm³/mol. The van der Waals surface area contributed by atoms with Crippen molar-refractivity contribution in [2.45, 2.75) is 13.3 Å². The fourth-order valence-corrected chi connectivity index (χ4v) is 2.63. The van der Waals surface area contributed by atoms with Gasteiger partial charge in [-0.25, -0.2) is 4.98 Å². The molecule has 0 amide bonds. The van der Waals surface area contributed by atoms with Crippen LogP contribution in [-0.4, -0.2) is 54.3 Å². The van der Waals surface area contributed by atoms with E-state index >= 15 is 0 Å². The fraction of sp³-hybridized carbons (Fsp3) is 0.643. The molecule has 1 atom stereocenters. The Labute approximate surface area is 120 Å². The van der Waals surface area contributed by atoms with Gasteiger partial charge in [0.2, 0.25) is 0 Å². The molecule has 1 aliphatic heterocycles. The molecule has 1 aliphatic rings. The van der Waals surface area contributed by atoms with Crippen molar-refractivity contribution < 1.29 is 5.11 Å². The van der Waals surface area contributed by atoms with E-state index in [1.54, 1.807) is 6.20 Å². The first-order valence-corrected chi connectivity index (χ1v) is 7.30. The number of likely N-dealkylation sites (N-methyl/N-ethyl adjacent to an activating group) is 1. The molecule has 1 saturated heterocycles. The van der Waals surface area contributed by atoms with Crippen LogP contribution < -0.4 is 4.90 Å². The van der Waals surface area contributed by atoms with E-state index < -0.39 is 0 Å². The second-order valence-corrected chi connectivity index (χ2v) is 5.49. The molecule has 0 spiro atoms. The van der Waals surface area contributed by atoms with Gasteiger partial charge in [-0.1, -0.05) is 11.6 Å². The van der Waals surface area contributed by atoms with Crippen LogP contribution >= 0.6 is 11.6 Å². The molecule has 2 rings (SSSR count). The zero-order valence-corrected chi connectivity index (χ0v) is 12.2. The van der Waals surface area contributed by atoms with E-state index in [2.05, 4.69) is 21.7 Å². The highest BCUT2D eigenvalue weighted by atomic mass is 35.5. The molecule has 2 heterocycles. The highest BCUT2D eigenvalue weighted by Gasteiger charge is 2.21. The van der Waals surface area contributed by atoms with Gasteiger partial charge >= 0.3 is 0 Å². The summed E-state index contributed by atoms with van der Waals surface area (Å²) in [4.78, 5) is 9.03. The van der Waals surface area contributed by atoms with Crippen molar-refractivity contribution in [2.24, 2.45) is 5.92 Å². The number of nitrogens with zero attached hydrogens (tertiary/aromatic N) is 3. The molecule has 0 aromatic carbocycles. The molecule has 1 aromatic rings. The third-order valence-electron chi connectivity index (χ3n) is 3.73. The van der Waals surface area contributed by atoms with Crippen LogP contribution in [0.1, 0.15) is 13.3 Å². The monoisotopic (exact) mass is 283 g/mol. The number of likely N-dealkylation sites (tertiary alicyclic amines) is 1. The molecular weight excluding hydrogens is 262 g/mol. The lowest BCUT2D eigenvalue weighted by Gasteiger charge is -2.25. The lowest BCUT2D eigenvalue weighted by molar-refractivity contribution is 0.222. The summed E-state index contributed by atoms with van der Waals surface area (Å²) in [6, 6.07) is 3.84. The molecule has 1 fully saturated rings. The number of rotatable bonds is 6. The van der Waals surface area contributed by atoms with E-state index in [1.165, 1.54) is 0 Å². The highest BCUT2D eigenvalue weighted by Crippen LogP contribution is 2.17. The van der Waals surface area contributed by atoms with Gasteiger partial charge in [0.15, 0.2) is 0 Å². The molecule has 0 unspecified atom stereocenters. The number of hydrogen-bond acceptors (Lipinski definition) is 4. The maximum atomic E-state index is 9.15. The first-order valence-electron chi connectivity index (χ1n) is 6.92. The van der Waals surface area contributed by atoms with Crippen molar-refractivity contribution in [1.29, 1.82) is 0 Å². The Bertz CT molecular complexity index is 385. The molecule has 0 radical (unpaired) electrons. The van der Waals surface area contributed by atoms with E-state index in [0.29, 0.717) is 17.5 Å². The van der Waals surface area contributed by atoms with Crippen molar-refractivity contribution >= 4 is 17.4 Å². The molecule has 19 heavy (non-hydrogen) atoms. The summed E-state index contributed by atoms with van der Waals surface area (Å²) >= 11 is 5.86. The van der Waals surface area contributed by atoms with Gasteiger partial charge in [0.1, 0.15) is 5.82 Å². The van der Waals surface area contributed by atoms with Crippen molar-refractivity contribution in [3.05, 3.63) is 23.4 Å². The summed E-state index contributed by atoms with van der Waals surface area (Å²) < 4.78 is 0. The zero-order chi connectivity index (χ0) is 13.7. The zero-order valence-electron chi connectivity index (χ0n) is 11.4. The summed E-state index contributed by atoms with van der Waals surface area (Å²) in [6.45, 7) is 7.48. The van der Waals surface area contributed by atoms with Gasteiger partial charge in [-0.2, -0.15) is 0 Å². The number of aliphatic hydroxyl groups excluding tert-OH is 1. The van der Waals surface area contributed by atoms with Crippen molar-refractivity contribution in [2.75, 3.05) is 44.2 Å². The van der Waals surface area contributed by atoms with Gasteiger partial charge in [-0.05, 0) is 37.9 Å². The third-order valence-corrected chi connectivity index (χ3v) is 3.96. The maximum absolute atomic E-state index is 9.15. The molecule has 0 aliphatic carbocycles. The molecule has 1 aromatic heterocycles. The van der Waals surface area contributed by atoms with Gasteiger partial charge < -0.3 is 14.9 Å². The predicted octanol–water partition coefficient (Wildman–Crippen LogP) is 1.88. The molecule has 0 bridgehead atoms. The van der Waals surface area contributed by atoms with E-state index in [0.717, 1.165) is 45.0 Å². The van der Waals surface area contributed by atoms with E-state index in [1.807, 2.05) is 12.1 Å². The van der Waals surface area contributed by atoms with Crippen molar-refractivity contribution in [3.63, 3.8) is 0 Å². The molecule has 106 valence electrons. The maximum Gasteiger partial charge on any atom is 0.128 e. The Morgan fingerprint density at radius 2 is 2.37 bits per heavy atom. The van der Waals surface area contributed by atoms with Crippen LogP contribution in [0.5, 0.6) is 0 Å². The first kappa shape index (κ1) is 14.6. The Morgan fingerprint density at radius 1 is 1.53 bits per heavy atom. The Morgan fingerprint density at radius 3 is 2.95 bits per heavy atom. The largest absolute Gasteiger partial charge is 0.396 e. The smallest absolute Gasteiger partial charge is 0.128 e. The summed E-state index contributed by atoms with van der Waals surface area (Å²) in [5, 5.41) is 9.82. The van der Waals surface area contributed by atoms with Crippen LogP contribution in [0.2, 0.25) is 5.02 Å². The van der Waals surface area contributed by atoms with Crippen LogP contribution in [0.15, 0.2) is 18.3 Å². The minimum absolute atomic E-state index is 0.312. The summed E-state index contributed by atoms with van der Waals surface area (Å²) in [6.07, 6.45) is 2.80. The fourth-order valence-electron chi connectivity index (χ4n) is 2.52. The minimum Gasteiger partial charge on any atom is -0.396 e. The van der Waals surface area contributed by atoms with Gasteiger partial charge in [0.25, 0.3) is 0 Å². The quantitative estimate of drug-likeness (QED) is 0.865. The molecular formula is C14H22ClN3O. The normalized spacial score (nSPS) is 19.8. The van der Waals surface area contributed by atoms with Gasteiger partial charge in [0.05, 0.1) is 5.02 Å². The van der Waals surface area contributed by atoms with Crippen LogP contribution in [0.3, 0.4) is 0 Å². The molecule has 5 heteroatoms. The van der Waals surface area contributed by atoms with Crippen LogP contribution in [0, 0.1) is 5.92 Å². The summed E-state index contributed by atoms with van der Waals surface area (Å²) in [5.74, 6) is 1.44. The Hall–Kier alpha value is -0.840. The Kier molecular flexibility index (Phi) is 5.43. The molecule has 1 N–H and O–H groups in total. The SMILES string of the molecule is CCN(CCN1CC[C@H](CO)C1)c1ccc(Cl)cn1. The van der Waals surface area contributed by atoms with Crippen molar-refractivity contribution in [3.8, 4) is 0 Å². The van der Waals surface area contributed by atoms with Crippen LogP contribution in [0.4, 0.5) is 5.82 Å². The number of aliphatic hydroxyl groups is 1. The van der Waals surface area contributed by atoms with Gasteiger partial charge in [0, 0.05) is 39.0 Å². The second-order valence-electron chi connectivity index (χ2n) is 5.05. The van der Waals surface area contributed by atoms with Crippen molar-refractivity contribution in [1.82, 2.24) is 9.88 Å². The highest BCUT2D eigenvalue weighted by molar-refractivity contribution is 6.30.